The number of fused-ring (bicyclic) bond motifs is 3. The highest BCUT2D eigenvalue weighted by Gasteiger charge is 2.37. The van der Waals surface area contributed by atoms with Gasteiger partial charge in [0, 0.05) is 55.2 Å². The molecule has 1 aromatic heterocycles. The number of hydrogen-bond acceptors (Lipinski definition) is 10. The third-order valence-electron chi connectivity index (χ3n) is 9.75. The Labute approximate surface area is 254 Å². The molecule has 4 heterocycles. The maximum Gasteiger partial charge on any atom is 0.229 e. The van der Waals surface area contributed by atoms with Crippen LogP contribution in [-0.4, -0.2) is 96.3 Å². The van der Waals surface area contributed by atoms with Gasteiger partial charge in [0.2, 0.25) is 5.95 Å². The molecule has 0 amide bonds. The summed E-state index contributed by atoms with van der Waals surface area (Å²) >= 11 is 0. The second-order valence-electron chi connectivity index (χ2n) is 12.7. The number of ketones is 1. The van der Waals surface area contributed by atoms with Crippen LogP contribution in [0.4, 0.5) is 23.1 Å². The van der Waals surface area contributed by atoms with Crippen molar-refractivity contribution in [2.75, 3.05) is 61.9 Å². The van der Waals surface area contributed by atoms with Crippen LogP contribution in [0.1, 0.15) is 63.5 Å². The molecule has 1 aliphatic carbocycles. The number of aryl methyl sites for hydroxylation is 1. The summed E-state index contributed by atoms with van der Waals surface area (Å²) in [6.07, 6.45) is 9.30. The lowest BCUT2D eigenvalue weighted by atomic mass is 9.99. The Morgan fingerprint density at radius 1 is 1.05 bits per heavy atom. The number of hydrogen-bond donors (Lipinski definition) is 2. The van der Waals surface area contributed by atoms with E-state index < -0.39 is 0 Å². The summed E-state index contributed by atoms with van der Waals surface area (Å²) in [5.41, 5.74) is 4.61. The Morgan fingerprint density at radius 3 is 2.53 bits per heavy atom. The van der Waals surface area contributed by atoms with Crippen LogP contribution in [0, 0.1) is 6.92 Å². The molecule has 1 atom stereocenters. The van der Waals surface area contributed by atoms with Crippen molar-refractivity contribution in [3.8, 4) is 5.75 Å². The first-order valence-corrected chi connectivity index (χ1v) is 15.9. The lowest BCUT2D eigenvalue weighted by Gasteiger charge is -2.49. The Bertz CT molecular complexity index is 1400. The number of allylic oxidation sites excluding steroid dienone is 2. The normalized spacial score (nSPS) is 22.3. The Balaban J connectivity index is 1.21. The highest BCUT2D eigenvalue weighted by molar-refractivity contribution is 6.17. The van der Waals surface area contributed by atoms with Gasteiger partial charge in [-0.1, -0.05) is 12.8 Å². The van der Waals surface area contributed by atoms with Crippen LogP contribution in [0.2, 0.25) is 0 Å². The van der Waals surface area contributed by atoms with Gasteiger partial charge >= 0.3 is 0 Å². The van der Waals surface area contributed by atoms with E-state index in [2.05, 4.69) is 56.4 Å². The van der Waals surface area contributed by atoms with Crippen molar-refractivity contribution in [3.05, 3.63) is 35.0 Å². The molecule has 6 rings (SSSR count). The van der Waals surface area contributed by atoms with Crippen molar-refractivity contribution in [3.63, 3.8) is 0 Å². The molecule has 0 unspecified atom stereocenters. The summed E-state index contributed by atoms with van der Waals surface area (Å²) in [7, 11) is 2.22. The van der Waals surface area contributed by atoms with E-state index in [-0.39, 0.29) is 11.4 Å². The number of aldehydes is 1. The molecule has 1 aromatic carbocycles. The van der Waals surface area contributed by atoms with Crippen molar-refractivity contribution in [2.45, 2.75) is 77.4 Å². The minimum absolute atomic E-state index is 0.145. The summed E-state index contributed by atoms with van der Waals surface area (Å²) in [5.74, 6) is 1.71. The molecular formula is C33H45N7O3. The second-order valence-corrected chi connectivity index (χ2v) is 12.7. The van der Waals surface area contributed by atoms with E-state index in [1.807, 2.05) is 0 Å². The van der Waals surface area contributed by atoms with Gasteiger partial charge in [-0.3, -0.25) is 14.5 Å². The predicted molar refractivity (Wildman–Crippen MR) is 170 cm³/mol. The van der Waals surface area contributed by atoms with Crippen LogP contribution in [0.25, 0.3) is 5.57 Å². The quantitative estimate of drug-likeness (QED) is 0.200. The number of likely N-dealkylation sites (tertiary alicyclic amines) is 1. The second kappa shape index (κ2) is 12.6. The Hall–Kier alpha value is -3.50. The first-order valence-electron chi connectivity index (χ1n) is 15.9. The highest BCUT2D eigenvalue weighted by Crippen LogP contribution is 2.41. The zero-order valence-electron chi connectivity index (χ0n) is 26.0. The van der Waals surface area contributed by atoms with Crippen LogP contribution in [0.15, 0.2) is 23.9 Å². The van der Waals surface area contributed by atoms with Crippen molar-refractivity contribution < 1.29 is 14.3 Å². The fourth-order valence-corrected chi connectivity index (χ4v) is 7.29. The maximum absolute atomic E-state index is 12.1. The van der Waals surface area contributed by atoms with E-state index >= 15 is 0 Å². The van der Waals surface area contributed by atoms with Gasteiger partial charge < -0.3 is 25.2 Å². The molecule has 4 aliphatic rings. The topological polar surface area (TPSA) is 103 Å². The fraction of sp³-hybridized carbons (Fsp3) is 0.576. The first kappa shape index (κ1) is 29.6. The third kappa shape index (κ3) is 6.26. The number of piperidine rings is 1. The lowest BCUT2D eigenvalue weighted by molar-refractivity contribution is -0.115. The molecule has 0 radical (unpaired) electrons. The SMILES string of the molecule is CC(=O)/C(C=O)=C(\C)c1cnc(Nc2cc(C)c3c(c2)OC[C@@H]2CN(C4CCN(C)CC4)CCN32)nc1NC1CCCC1. The largest absolute Gasteiger partial charge is 0.489 e. The van der Waals surface area contributed by atoms with Crippen LogP contribution >= 0.6 is 0 Å². The van der Waals surface area contributed by atoms with Gasteiger partial charge in [0.15, 0.2) is 12.1 Å². The van der Waals surface area contributed by atoms with Gasteiger partial charge in [0.1, 0.15) is 18.2 Å². The number of nitrogens with one attached hydrogen (secondary N) is 2. The summed E-state index contributed by atoms with van der Waals surface area (Å²) in [5, 5.41) is 6.96. The number of benzene rings is 1. The zero-order chi connectivity index (χ0) is 30.1. The van der Waals surface area contributed by atoms with E-state index in [9.17, 15) is 9.59 Å². The predicted octanol–water partition coefficient (Wildman–Crippen LogP) is 4.42. The van der Waals surface area contributed by atoms with E-state index in [1.165, 1.54) is 51.4 Å². The molecule has 0 bridgehead atoms. The van der Waals surface area contributed by atoms with Gasteiger partial charge in [-0.15, -0.1) is 0 Å². The van der Waals surface area contributed by atoms with E-state index in [1.54, 1.807) is 13.1 Å². The molecule has 0 spiro atoms. The number of piperazine rings is 1. The Morgan fingerprint density at radius 2 is 1.81 bits per heavy atom. The van der Waals surface area contributed by atoms with E-state index in [0.717, 1.165) is 49.5 Å². The van der Waals surface area contributed by atoms with E-state index in [0.29, 0.717) is 53.9 Å². The highest BCUT2D eigenvalue weighted by atomic mass is 16.5. The van der Waals surface area contributed by atoms with Gasteiger partial charge in [-0.25, -0.2) is 4.98 Å². The molecule has 43 heavy (non-hydrogen) atoms. The van der Waals surface area contributed by atoms with E-state index in [4.69, 9.17) is 9.72 Å². The first-order chi connectivity index (χ1) is 20.8. The lowest BCUT2D eigenvalue weighted by Crippen LogP contribution is -2.60. The minimum Gasteiger partial charge on any atom is -0.489 e. The number of carbonyl (C=O) groups excluding carboxylic acids is 2. The molecule has 3 fully saturated rings. The fourth-order valence-electron chi connectivity index (χ4n) is 7.29. The number of rotatable bonds is 8. The molecule has 230 valence electrons. The number of aromatic nitrogens is 2. The monoisotopic (exact) mass is 587 g/mol. The third-order valence-corrected chi connectivity index (χ3v) is 9.75. The van der Waals surface area contributed by atoms with Crippen molar-refractivity contribution in [2.24, 2.45) is 0 Å². The molecule has 2 aromatic rings. The minimum atomic E-state index is -0.267. The van der Waals surface area contributed by atoms with Gasteiger partial charge in [0.25, 0.3) is 0 Å². The average Bonchev–Trinajstić information content (AvgIpc) is 3.50. The molecule has 2 N–H and O–H groups in total. The molecule has 3 aliphatic heterocycles. The van der Waals surface area contributed by atoms with Gasteiger partial charge in [0.05, 0.1) is 17.3 Å². The van der Waals surface area contributed by atoms with Crippen LogP contribution in [-0.2, 0) is 9.59 Å². The Kier molecular flexibility index (Phi) is 8.68. The van der Waals surface area contributed by atoms with Crippen molar-refractivity contribution >= 4 is 40.8 Å². The zero-order valence-corrected chi connectivity index (χ0v) is 26.0. The van der Waals surface area contributed by atoms with Crippen LogP contribution in [0.5, 0.6) is 5.75 Å². The summed E-state index contributed by atoms with van der Waals surface area (Å²) in [6.45, 7) is 11.5. The number of Topliss-reactive ketones (excluding diaryl/α,β-unsaturated/α-hetero) is 1. The van der Waals surface area contributed by atoms with Gasteiger partial charge in [-0.05, 0) is 83.8 Å². The van der Waals surface area contributed by atoms with Crippen LogP contribution in [0.3, 0.4) is 0 Å². The molecule has 1 saturated carbocycles. The molecule has 2 saturated heterocycles. The summed E-state index contributed by atoms with van der Waals surface area (Å²) < 4.78 is 6.39. The summed E-state index contributed by atoms with van der Waals surface area (Å²) in [4.78, 5) is 40.9. The number of carbonyl (C=O) groups is 2. The average molecular weight is 588 g/mol. The number of nitrogens with zero attached hydrogens (tertiary/aromatic N) is 5. The number of anilines is 4. The molecule has 10 nitrogen and oxygen atoms in total. The van der Waals surface area contributed by atoms with Crippen molar-refractivity contribution in [1.82, 2.24) is 19.8 Å². The van der Waals surface area contributed by atoms with Gasteiger partial charge in [-0.2, -0.15) is 4.98 Å². The maximum atomic E-state index is 12.1. The van der Waals surface area contributed by atoms with Crippen LogP contribution < -0.4 is 20.3 Å². The summed E-state index contributed by atoms with van der Waals surface area (Å²) in [6, 6.07) is 5.54. The number of ether oxygens (including phenoxy) is 1. The van der Waals surface area contributed by atoms with Crippen molar-refractivity contribution in [1.29, 1.82) is 0 Å². The molecular weight excluding hydrogens is 542 g/mol. The standard InChI is InChI=1S/C33H45N7O3/c1-21-15-25(16-30-31(21)40-14-13-39(18-27(40)20-43-30)26-9-11-38(4)12-10-26)36-33-34-17-28(22(2)29(19-41)23(3)42)32(37-33)35-24-7-5-6-8-24/h15-17,19,24,26-27H,5-14,18,20H2,1-4H3,(H2,34,35,36,37)/b29-22+/t27-/m0/s1. The molecule has 10 heteroatoms. The smallest absolute Gasteiger partial charge is 0.229 e.